The molecule has 7 nitrogen and oxygen atoms in total. The highest BCUT2D eigenvalue weighted by Gasteiger charge is 2.31. The molecule has 0 aliphatic carbocycles. The summed E-state index contributed by atoms with van der Waals surface area (Å²) in [6.45, 7) is -0.478. The Morgan fingerprint density at radius 3 is 2.73 bits per heavy atom. The highest BCUT2D eigenvalue weighted by Crippen LogP contribution is 2.34. The standard InChI is InChI=1S/C20H21FN2O5S2/c1-23(30(26,27)20-3-2-6-29-20)11-13-4-5-18(28-12-19(24)25)17(7-13)14-8-15(21)10-16(22)9-14/h2,4-10,20H,3,11-12,22H2,1H3,(H,24,25). The molecule has 1 atom stereocenters. The quantitative estimate of drug-likeness (QED) is 0.592. The minimum absolute atomic E-state index is 0.0937. The molecule has 0 amide bonds. The minimum Gasteiger partial charge on any atom is -0.481 e. The number of hydrogen-bond acceptors (Lipinski definition) is 6. The molecule has 2 aromatic carbocycles. The van der Waals surface area contributed by atoms with Gasteiger partial charge in [0.05, 0.1) is 0 Å². The summed E-state index contributed by atoms with van der Waals surface area (Å²) < 4.78 is 45.4. The van der Waals surface area contributed by atoms with Crippen LogP contribution in [0.1, 0.15) is 12.0 Å². The van der Waals surface area contributed by atoms with Crippen LogP contribution in [0.4, 0.5) is 10.1 Å². The van der Waals surface area contributed by atoms with Gasteiger partial charge in [0.1, 0.15) is 16.1 Å². The Kier molecular flexibility index (Phi) is 6.69. The number of carboxylic acids is 1. The molecule has 0 aromatic heterocycles. The summed E-state index contributed by atoms with van der Waals surface area (Å²) in [5.74, 6) is -1.48. The van der Waals surface area contributed by atoms with E-state index in [1.165, 1.54) is 41.3 Å². The van der Waals surface area contributed by atoms with Crippen LogP contribution in [0.3, 0.4) is 0 Å². The fraction of sp³-hybridized carbons (Fsp3) is 0.250. The largest absolute Gasteiger partial charge is 0.481 e. The lowest BCUT2D eigenvalue weighted by Gasteiger charge is -2.22. The third kappa shape index (κ3) is 5.13. The van der Waals surface area contributed by atoms with E-state index >= 15 is 0 Å². The Morgan fingerprint density at radius 1 is 1.33 bits per heavy atom. The number of hydrogen-bond donors (Lipinski definition) is 2. The number of benzene rings is 2. The normalized spacial score (nSPS) is 16.2. The van der Waals surface area contributed by atoms with Crippen LogP contribution in [0.2, 0.25) is 0 Å². The molecule has 10 heteroatoms. The maximum atomic E-state index is 13.9. The first-order chi connectivity index (χ1) is 14.2. The van der Waals surface area contributed by atoms with Gasteiger partial charge in [-0.3, -0.25) is 0 Å². The van der Waals surface area contributed by atoms with Gasteiger partial charge in [-0.2, -0.15) is 4.31 Å². The van der Waals surface area contributed by atoms with Crippen molar-refractivity contribution in [1.29, 1.82) is 0 Å². The highest BCUT2D eigenvalue weighted by molar-refractivity contribution is 8.14. The summed E-state index contributed by atoms with van der Waals surface area (Å²) in [5.41, 5.74) is 7.40. The molecule has 3 N–H and O–H groups in total. The topological polar surface area (TPSA) is 110 Å². The number of aliphatic carboxylic acids is 1. The van der Waals surface area contributed by atoms with Gasteiger partial charge in [-0.1, -0.05) is 12.1 Å². The summed E-state index contributed by atoms with van der Waals surface area (Å²) in [7, 11) is -2.01. The number of nitrogens with zero attached hydrogens (tertiary/aromatic N) is 1. The van der Waals surface area contributed by atoms with E-state index in [0.717, 1.165) is 0 Å². The van der Waals surface area contributed by atoms with Crippen molar-refractivity contribution >= 4 is 33.4 Å². The number of halogens is 1. The van der Waals surface area contributed by atoms with Crippen LogP contribution in [0, 0.1) is 5.82 Å². The minimum atomic E-state index is -3.51. The van der Waals surface area contributed by atoms with Gasteiger partial charge in [0, 0.05) is 24.8 Å². The average molecular weight is 453 g/mol. The van der Waals surface area contributed by atoms with E-state index in [9.17, 15) is 17.6 Å². The Balaban J connectivity index is 1.93. The number of ether oxygens (including phenoxy) is 1. The fourth-order valence-corrected chi connectivity index (χ4v) is 5.94. The highest BCUT2D eigenvalue weighted by atomic mass is 32.3. The van der Waals surface area contributed by atoms with Gasteiger partial charge >= 0.3 is 5.97 Å². The van der Waals surface area contributed by atoms with E-state index < -0.39 is 33.0 Å². The van der Waals surface area contributed by atoms with E-state index in [0.29, 0.717) is 23.1 Å². The van der Waals surface area contributed by atoms with Crippen molar-refractivity contribution in [3.63, 3.8) is 0 Å². The molecular weight excluding hydrogens is 431 g/mol. The van der Waals surface area contributed by atoms with Gasteiger partial charge in [0.2, 0.25) is 10.0 Å². The molecule has 1 unspecified atom stereocenters. The Hall–Kier alpha value is -2.56. The summed E-state index contributed by atoms with van der Waals surface area (Å²) in [6.07, 6.45) is 2.27. The number of nitrogens with two attached hydrogens (primary N) is 1. The molecule has 160 valence electrons. The number of allylic oxidation sites excluding steroid dienone is 1. The van der Waals surface area contributed by atoms with Gasteiger partial charge in [-0.25, -0.2) is 17.6 Å². The monoisotopic (exact) mass is 452 g/mol. The number of rotatable bonds is 8. The molecule has 2 aromatic rings. The molecule has 1 aliphatic rings. The lowest BCUT2D eigenvalue weighted by molar-refractivity contribution is -0.139. The zero-order valence-corrected chi connectivity index (χ0v) is 17.7. The Labute approximate surface area is 178 Å². The molecule has 0 spiro atoms. The summed E-state index contributed by atoms with van der Waals surface area (Å²) in [4.78, 5) is 10.9. The van der Waals surface area contributed by atoms with E-state index in [-0.39, 0.29) is 18.0 Å². The van der Waals surface area contributed by atoms with E-state index in [1.807, 2.05) is 6.08 Å². The first kappa shape index (κ1) is 22.1. The first-order valence-corrected chi connectivity index (χ1v) is 11.4. The number of sulfonamides is 1. The second-order valence-corrected chi connectivity index (χ2v) is 10.4. The summed E-state index contributed by atoms with van der Waals surface area (Å²) >= 11 is 1.26. The van der Waals surface area contributed by atoms with Gasteiger partial charge in [-0.05, 0) is 53.3 Å². The summed E-state index contributed by atoms with van der Waals surface area (Å²) in [5, 5.41) is 10.7. The number of nitrogen functional groups attached to an aromatic ring is 1. The Morgan fingerprint density at radius 2 is 2.10 bits per heavy atom. The van der Waals surface area contributed by atoms with Crippen LogP contribution in [-0.2, 0) is 21.4 Å². The second-order valence-electron chi connectivity index (χ2n) is 6.76. The lowest BCUT2D eigenvalue weighted by Crippen LogP contribution is -2.33. The lowest BCUT2D eigenvalue weighted by atomic mass is 10.0. The molecule has 30 heavy (non-hydrogen) atoms. The van der Waals surface area contributed by atoms with Crippen molar-refractivity contribution in [2.24, 2.45) is 0 Å². The average Bonchev–Trinajstić information content (AvgIpc) is 3.21. The van der Waals surface area contributed by atoms with Crippen LogP contribution in [-0.4, -0.2) is 42.0 Å². The predicted octanol–water partition coefficient (Wildman–Crippen LogP) is 3.28. The predicted molar refractivity (Wildman–Crippen MR) is 115 cm³/mol. The molecule has 1 aliphatic heterocycles. The van der Waals surface area contributed by atoms with Crippen molar-refractivity contribution in [3.8, 4) is 16.9 Å². The number of carboxylic acid groups (broad SMARTS) is 1. The molecule has 0 saturated carbocycles. The molecule has 0 bridgehead atoms. The second kappa shape index (κ2) is 9.07. The third-order valence-electron chi connectivity index (χ3n) is 4.45. The maximum Gasteiger partial charge on any atom is 0.341 e. The van der Waals surface area contributed by atoms with Gasteiger partial charge in [0.25, 0.3) is 0 Å². The van der Waals surface area contributed by atoms with Gasteiger partial charge < -0.3 is 15.6 Å². The van der Waals surface area contributed by atoms with E-state index in [1.54, 1.807) is 23.6 Å². The molecule has 0 saturated heterocycles. The van der Waals surface area contributed by atoms with Gasteiger partial charge in [-0.15, -0.1) is 11.8 Å². The fourth-order valence-electron chi connectivity index (χ4n) is 3.04. The first-order valence-electron chi connectivity index (χ1n) is 8.96. The van der Waals surface area contributed by atoms with Crippen LogP contribution in [0.5, 0.6) is 5.75 Å². The summed E-state index contributed by atoms with van der Waals surface area (Å²) in [6, 6.07) is 8.80. The third-order valence-corrected chi connectivity index (χ3v) is 8.22. The van der Waals surface area contributed by atoms with Crippen LogP contribution in [0.25, 0.3) is 11.1 Å². The van der Waals surface area contributed by atoms with Crippen LogP contribution < -0.4 is 10.5 Å². The molecule has 0 fully saturated rings. The van der Waals surface area contributed by atoms with E-state index in [2.05, 4.69) is 0 Å². The van der Waals surface area contributed by atoms with Crippen molar-refractivity contribution in [1.82, 2.24) is 4.31 Å². The van der Waals surface area contributed by atoms with E-state index in [4.69, 9.17) is 15.6 Å². The van der Waals surface area contributed by atoms with Crippen LogP contribution >= 0.6 is 11.8 Å². The van der Waals surface area contributed by atoms with Crippen LogP contribution in [0.15, 0.2) is 47.9 Å². The zero-order chi connectivity index (χ0) is 21.9. The van der Waals surface area contributed by atoms with Crippen molar-refractivity contribution in [2.75, 3.05) is 19.4 Å². The number of anilines is 1. The number of carbonyl (C=O) groups is 1. The maximum absolute atomic E-state index is 13.9. The SMILES string of the molecule is CN(Cc1ccc(OCC(=O)O)c(-c2cc(N)cc(F)c2)c1)S(=O)(=O)C1CC=CS1. The molecule has 1 heterocycles. The molecular formula is C20H21FN2O5S2. The van der Waals surface area contributed by atoms with Crippen molar-refractivity contribution < 1.29 is 27.4 Å². The smallest absolute Gasteiger partial charge is 0.341 e. The Bertz CT molecular complexity index is 1060. The molecule has 3 rings (SSSR count). The van der Waals surface area contributed by atoms with Gasteiger partial charge in [0.15, 0.2) is 6.61 Å². The molecule has 0 radical (unpaired) electrons. The van der Waals surface area contributed by atoms with Crippen molar-refractivity contribution in [2.45, 2.75) is 17.5 Å². The number of thioether (sulfide) groups is 1. The van der Waals surface area contributed by atoms with Crippen molar-refractivity contribution in [3.05, 3.63) is 59.3 Å². The zero-order valence-electron chi connectivity index (χ0n) is 16.1.